The van der Waals surface area contributed by atoms with Crippen LogP contribution in [0, 0.1) is 5.82 Å². The molecule has 1 aliphatic carbocycles. The smallest absolute Gasteiger partial charge is 0.133 e. The maximum atomic E-state index is 13.0. The quantitative estimate of drug-likeness (QED) is 0.782. The van der Waals surface area contributed by atoms with Crippen LogP contribution in [-0.4, -0.2) is 10.8 Å². The molecule has 0 aliphatic heterocycles. The Balaban J connectivity index is 2.07. The third-order valence-corrected chi connectivity index (χ3v) is 3.36. The molecule has 1 aromatic heterocycles. The molecule has 82 valence electrons. The van der Waals surface area contributed by atoms with Crippen molar-refractivity contribution in [1.82, 2.24) is 4.98 Å². The summed E-state index contributed by atoms with van der Waals surface area (Å²) >= 11 is 0. The third kappa shape index (κ3) is 1.43. The topological polar surface area (TPSA) is 32.9 Å². The Hall–Kier alpha value is -1.64. The number of H-pyrrole nitrogens is 1. The molecule has 2 nitrogen and oxygen atoms in total. The zero-order chi connectivity index (χ0) is 11.1. The van der Waals surface area contributed by atoms with Crippen molar-refractivity contribution in [2.75, 3.05) is 0 Å². The molecule has 1 N–H and O–H groups in total. The number of carbonyl (C=O) groups is 1. The number of aromatic nitrogens is 1. The molecule has 0 bridgehead atoms. The fourth-order valence-corrected chi connectivity index (χ4v) is 2.54. The van der Waals surface area contributed by atoms with Crippen molar-refractivity contribution in [3.8, 4) is 0 Å². The molecular weight excluding hydrogens is 205 g/mol. The zero-order valence-electron chi connectivity index (χ0n) is 8.79. The van der Waals surface area contributed by atoms with Crippen molar-refractivity contribution in [1.29, 1.82) is 0 Å². The lowest BCUT2D eigenvalue weighted by molar-refractivity contribution is -0.117. The van der Waals surface area contributed by atoms with Crippen molar-refractivity contribution in [3.63, 3.8) is 0 Å². The van der Waals surface area contributed by atoms with Crippen LogP contribution < -0.4 is 0 Å². The normalized spacial score (nSPS) is 20.8. The average molecular weight is 217 g/mol. The molecule has 0 amide bonds. The minimum absolute atomic E-state index is 0.233. The average Bonchev–Trinajstić information content (AvgIpc) is 2.83. The Labute approximate surface area is 92.5 Å². The van der Waals surface area contributed by atoms with Crippen LogP contribution in [0.5, 0.6) is 0 Å². The lowest BCUT2D eigenvalue weighted by Gasteiger charge is -2.05. The van der Waals surface area contributed by atoms with Gasteiger partial charge in [0.1, 0.15) is 11.6 Å². The summed E-state index contributed by atoms with van der Waals surface area (Å²) in [7, 11) is 0. The molecule has 0 radical (unpaired) electrons. The standard InChI is InChI=1S/C13H12FNO/c14-9-2-4-11-12(7-15-13(11)6-9)8-1-3-10(16)5-8/h2,4,6-8,15H,1,3,5H2/t8-/m1/s1. The number of hydrogen-bond donors (Lipinski definition) is 1. The second-order valence-corrected chi connectivity index (χ2v) is 4.41. The highest BCUT2D eigenvalue weighted by Crippen LogP contribution is 2.36. The van der Waals surface area contributed by atoms with E-state index in [4.69, 9.17) is 0 Å². The van der Waals surface area contributed by atoms with E-state index in [0.717, 1.165) is 22.9 Å². The van der Waals surface area contributed by atoms with E-state index >= 15 is 0 Å². The third-order valence-electron chi connectivity index (χ3n) is 3.36. The van der Waals surface area contributed by atoms with Gasteiger partial charge in [0, 0.05) is 29.9 Å². The molecular formula is C13H12FNO. The number of carbonyl (C=O) groups excluding carboxylic acids is 1. The summed E-state index contributed by atoms with van der Waals surface area (Å²) < 4.78 is 13.0. The Morgan fingerprint density at radius 3 is 3.00 bits per heavy atom. The number of fused-ring (bicyclic) bond motifs is 1. The zero-order valence-corrected chi connectivity index (χ0v) is 8.79. The van der Waals surface area contributed by atoms with Gasteiger partial charge < -0.3 is 4.98 Å². The predicted molar refractivity (Wildman–Crippen MR) is 59.9 cm³/mol. The SMILES string of the molecule is O=C1CC[C@@H](c2c[nH]c3cc(F)ccc23)C1. The van der Waals surface area contributed by atoms with Crippen LogP contribution >= 0.6 is 0 Å². The van der Waals surface area contributed by atoms with Crippen LogP contribution in [0.3, 0.4) is 0 Å². The molecule has 2 aromatic rings. The minimum atomic E-state index is -0.233. The lowest BCUT2D eigenvalue weighted by atomic mass is 9.97. The maximum Gasteiger partial charge on any atom is 0.133 e. The molecule has 1 heterocycles. The number of Topliss-reactive ketones (excluding diaryl/α,β-unsaturated/α-hetero) is 1. The number of rotatable bonds is 1. The van der Waals surface area contributed by atoms with Gasteiger partial charge in [0.15, 0.2) is 0 Å². The van der Waals surface area contributed by atoms with E-state index in [-0.39, 0.29) is 5.82 Å². The van der Waals surface area contributed by atoms with Crippen molar-refractivity contribution in [2.24, 2.45) is 0 Å². The number of halogens is 1. The Morgan fingerprint density at radius 2 is 2.25 bits per heavy atom. The van der Waals surface area contributed by atoms with Gasteiger partial charge in [-0.2, -0.15) is 0 Å². The van der Waals surface area contributed by atoms with Crippen molar-refractivity contribution in [3.05, 3.63) is 35.8 Å². The number of aromatic amines is 1. The van der Waals surface area contributed by atoms with E-state index in [1.807, 2.05) is 6.20 Å². The summed E-state index contributed by atoms with van der Waals surface area (Å²) in [5.41, 5.74) is 1.97. The van der Waals surface area contributed by atoms with Crippen molar-refractivity contribution in [2.45, 2.75) is 25.2 Å². The summed E-state index contributed by atoms with van der Waals surface area (Å²) in [6.07, 6.45) is 4.14. The van der Waals surface area contributed by atoms with Crippen LogP contribution in [0.15, 0.2) is 24.4 Å². The molecule has 3 rings (SSSR count). The molecule has 0 spiro atoms. The van der Waals surface area contributed by atoms with Crippen molar-refractivity contribution < 1.29 is 9.18 Å². The van der Waals surface area contributed by atoms with Crippen LogP contribution in [-0.2, 0) is 4.79 Å². The van der Waals surface area contributed by atoms with Crippen molar-refractivity contribution >= 4 is 16.7 Å². The van der Waals surface area contributed by atoms with E-state index in [1.165, 1.54) is 12.1 Å². The fourth-order valence-electron chi connectivity index (χ4n) is 2.54. The molecule has 1 fully saturated rings. The van der Waals surface area contributed by atoms with E-state index in [2.05, 4.69) is 4.98 Å². The van der Waals surface area contributed by atoms with Gasteiger partial charge in [0.05, 0.1) is 0 Å². The highest BCUT2D eigenvalue weighted by atomic mass is 19.1. The van der Waals surface area contributed by atoms with Crippen LogP contribution in [0.4, 0.5) is 4.39 Å². The van der Waals surface area contributed by atoms with E-state index in [9.17, 15) is 9.18 Å². The summed E-state index contributed by atoms with van der Waals surface area (Å²) in [5.74, 6) is 0.413. The molecule has 3 heteroatoms. The summed E-state index contributed by atoms with van der Waals surface area (Å²) in [6.45, 7) is 0. The number of benzene rings is 1. The predicted octanol–water partition coefficient (Wildman–Crippen LogP) is 3.14. The first-order valence-electron chi connectivity index (χ1n) is 5.52. The van der Waals surface area contributed by atoms with Gasteiger partial charge in [-0.25, -0.2) is 4.39 Å². The van der Waals surface area contributed by atoms with Gasteiger partial charge in [-0.15, -0.1) is 0 Å². The van der Waals surface area contributed by atoms with E-state index in [0.29, 0.717) is 24.5 Å². The molecule has 16 heavy (non-hydrogen) atoms. The summed E-state index contributed by atoms with van der Waals surface area (Å²) in [6, 6.07) is 4.76. The number of ketones is 1. The molecule has 1 saturated carbocycles. The molecule has 1 atom stereocenters. The van der Waals surface area contributed by atoms with E-state index < -0.39 is 0 Å². The van der Waals surface area contributed by atoms with Gasteiger partial charge in [-0.1, -0.05) is 0 Å². The lowest BCUT2D eigenvalue weighted by Crippen LogP contribution is -1.92. The van der Waals surface area contributed by atoms with Crippen LogP contribution in [0.25, 0.3) is 10.9 Å². The molecule has 0 unspecified atom stereocenters. The van der Waals surface area contributed by atoms with E-state index in [1.54, 1.807) is 6.07 Å². The first-order valence-corrected chi connectivity index (χ1v) is 5.52. The molecule has 0 saturated heterocycles. The van der Waals surface area contributed by atoms with Crippen LogP contribution in [0.1, 0.15) is 30.7 Å². The van der Waals surface area contributed by atoms with Gasteiger partial charge in [0.2, 0.25) is 0 Å². The molecule has 1 aromatic carbocycles. The summed E-state index contributed by atoms with van der Waals surface area (Å²) in [5, 5.41) is 1.04. The number of nitrogens with one attached hydrogen (secondary N) is 1. The van der Waals surface area contributed by atoms with Gasteiger partial charge in [-0.3, -0.25) is 4.79 Å². The Bertz CT molecular complexity index is 558. The Kier molecular flexibility index (Phi) is 2.06. The second kappa shape index (κ2) is 3.44. The Morgan fingerprint density at radius 1 is 1.38 bits per heavy atom. The summed E-state index contributed by atoms with van der Waals surface area (Å²) in [4.78, 5) is 14.3. The highest BCUT2D eigenvalue weighted by Gasteiger charge is 2.25. The largest absolute Gasteiger partial charge is 0.361 e. The fraction of sp³-hybridized carbons (Fsp3) is 0.308. The molecule has 1 aliphatic rings. The first kappa shape index (κ1) is 9.58. The van der Waals surface area contributed by atoms with Gasteiger partial charge in [0.25, 0.3) is 0 Å². The second-order valence-electron chi connectivity index (χ2n) is 4.41. The minimum Gasteiger partial charge on any atom is -0.361 e. The van der Waals surface area contributed by atoms with Gasteiger partial charge in [-0.05, 0) is 36.1 Å². The highest BCUT2D eigenvalue weighted by molar-refractivity contribution is 5.87. The first-order chi connectivity index (χ1) is 7.74. The van der Waals surface area contributed by atoms with Gasteiger partial charge >= 0.3 is 0 Å². The van der Waals surface area contributed by atoms with Crippen LogP contribution in [0.2, 0.25) is 0 Å². The number of hydrogen-bond acceptors (Lipinski definition) is 1. The maximum absolute atomic E-state index is 13.0. The monoisotopic (exact) mass is 217 g/mol.